The minimum absolute atomic E-state index is 0.0736. The lowest BCUT2D eigenvalue weighted by Crippen LogP contribution is -2.50. The Labute approximate surface area is 184 Å². The third kappa shape index (κ3) is 4.71. The zero-order chi connectivity index (χ0) is 22.7. The predicted octanol–water partition coefficient (Wildman–Crippen LogP) is 3.09. The van der Waals surface area contributed by atoms with Crippen LogP contribution in [0.25, 0.3) is 11.3 Å². The molecule has 0 saturated carbocycles. The van der Waals surface area contributed by atoms with Crippen molar-refractivity contribution in [2.24, 2.45) is 0 Å². The number of sulfonamides is 1. The molecule has 4 rings (SSSR count). The highest BCUT2D eigenvalue weighted by atomic mass is 32.2. The minimum atomic E-state index is -3.97. The summed E-state index contributed by atoms with van der Waals surface area (Å²) in [7, 11) is -3.97. The van der Waals surface area contributed by atoms with E-state index in [2.05, 4.69) is 4.98 Å². The Balaban J connectivity index is 1.31. The maximum absolute atomic E-state index is 13.4. The van der Waals surface area contributed by atoms with Gasteiger partial charge in [0, 0.05) is 44.6 Å². The molecule has 1 aliphatic rings. The van der Waals surface area contributed by atoms with Gasteiger partial charge in [-0.3, -0.25) is 4.79 Å². The molecule has 0 bridgehead atoms. The normalized spacial score (nSPS) is 15.1. The first-order chi connectivity index (χ1) is 15.3. The number of amides is 1. The lowest BCUT2D eigenvalue weighted by molar-refractivity contribution is -0.132. The van der Waals surface area contributed by atoms with E-state index in [9.17, 15) is 22.0 Å². The molecule has 2 heterocycles. The molecule has 3 aromatic rings. The van der Waals surface area contributed by atoms with Crippen LogP contribution in [-0.4, -0.2) is 54.7 Å². The average molecular weight is 461 g/mol. The average Bonchev–Trinajstić information content (AvgIpc) is 3.29. The van der Waals surface area contributed by atoms with E-state index in [-0.39, 0.29) is 43.4 Å². The number of oxazole rings is 1. The molecule has 1 aromatic heterocycles. The van der Waals surface area contributed by atoms with Crippen LogP contribution < -0.4 is 0 Å². The van der Waals surface area contributed by atoms with Gasteiger partial charge in [-0.25, -0.2) is 22.2 Å². The summed E-state index contributed by atoms with van der Waals surface area (Å²) in [6.07, 6.45) is 2.14. The van der Waals surface area contributed by atoms with Crippen molar-refractivity contribution in [1.29, 1.82) is 0 Å². The van der Waals surface area contributed by atoms with Crippen molar-refractivity contribution < 1.29 is 26.4 Å². The molecule has 0 radical (unpaired) electrons. The summed E-state index contributed by atoms with van der Waals surface area (Å²) >= 11 is 0. The van der Waals surface area contributed by atoms with E-state index in [1.165, 1.54) is 4.31 Å². The first-order valence-electron chi connectivity index (χ1n) is 10.1. The third-order valence-corrected chi connectivity index (χ3v) is 7.18. The second-order valence-corrected chi connectivity index (χ2v) is 9.28. The van der Waals surface area contributed by atoms with Crippen LogP contribution in [0.1, 0.15) is 12.3 Å². The molecule has 1 aliphatic heterocycles. The molecule has 0 unspecified atom stereocenters. The first-order valence-corrected chi connectivity index (χ1v) is 11.5. The Bertz CT molecular complexity index is 1210. The van der Waals surface area contributed by atoms with Crippen molar-refractivity contribution in [3.8, 4) is 11.3 Å². The number of rotatable bonds is 6. The second-order valence-electron chi connectivity index (χ2n) is 7.35. The molecule has 1 fully saturated rings. The van der Waals surface area contributed by atoms with Crippen molar-refractivity contribution in [3.05, 3.63) is 72.3 Å². The van der Waals surface area contributed by atoms with Crippen LogP contribution in [0, 0.1) is 11.6 Å². The number of nitrogens with zero attached hydrogens (tertiary/aromatic N) is 3. The number of carbonyl (C=O) groups is 1. The lowest BCUT2D eigenvalue weighted by Gasteiger charge is -2.34. The van der Waals surface area contributed by atoms with Crippen LogP contribution in [0.4, 0.5) is 8.78 Å². The zero-order valence-corrected chi connectivity index (χ0v) is 17.9. The Morgan fingerprint density at radius 3 is 2.41 bits per heavy atom. The van der Waals surface area contributed by atoms with Gasteiger partial charge in [-0.05, 0) is 18.2 Å². The first kappa shape index (κ1) is 22.1. The summed E-state index contributed by atoms with van der Waals surface area (Å²) in [6, 6.07) is 12.0. The van der Waals surface area contributed by atoms with Crippen molar-refractivity contribution in [2.75, 3.05) is 26.2 Å². The molecule has 1 amide bonds. The molecule has 168 valence electrons. The van der Waals surface area contributed by atoms with Crippen LogP contribution in [0.5, 0.6) is 0 Å². The molecule has 32 heavy (non-hydrogen) atoms. The molecule has 10 heteroatoms. The van der Waals surface area contributed by atoms with Crippen LogP contribution in [-0.2, 0) is 21.2 Å². The number of benzene rings is 2. The van der Waals surface area contributed by atoms with Crippen LogP contribution in [0.15, 0.2) is 64.0 Å². The van der Waals surface area contributed by atoms with Crippen LogP contribution in [0.3, 0.4) is 0 Å². The highest BCUT2D eigenvalue weighted by Gasteiger charge is 2.30. The van der Waals surface area contributed by atoms with Crippen LogP contribution >= 0.6 is 0 Å². The fourth-order valence-electron chi connectivity index (χ4n) is 3.50. The van der Waals surface area contributed by atoms with Gasteiger partial charge in [0.1, 0.15) is 0 Å². The molecule has 0 spiro atoms. The Kier molecular flexibility index (Phi) is 6.33. The quantitative estimate of drug-likeness (QED) is 0.563. The van der Waals surface area contributed by atoms with Crippen molar-refractivity contribution >= 4 is 15.9 Å². The number of carbonyl (C=O) groups excluding carboxylic acids is 1. The smallest absolute Gasteiger partial charge is 0.243 e. The van der Waals surface area contributed by atoms with E-state index in [1.54, 1.807) is 11.1 Å². The SMILES string of the molecule is O=C(CCc1ncc(-c2ccccc2)o1)N1CCN(S(=O)(=O)c2ccc(F)c(F)c2)CC1. The summed E-state index contributed by atoms with van der Waals surface area (Å²) in [5.41, 5.74) is 0.899. The minimum Gasteiger partial charge on any atom is -0.441 e. The van der Waals surface area contributed by atoms with Gasteiger partial charge < -0.3 is 9.32 Å². The molecule has 0 N–H and O–H groups in total. The topological polar surface area (TPSA) is 83.7 Å². The number of aryl methyl sites for hydroxylation is 1. The number of hydrogen-bond acceptors (Lipinski definition) is 5. The Morgan fingerprint density at radius 2 is 1.72 bits per heavy atom. The number of piperazine rings is 1. The summed E-state index contributed by atoms with van der Waals surface area (Å²) < 4.78 is 58.8. The maximum atomic E-state index is 13.4. The Morgan fingerprint density at radius 1 is 1.00 bits per heavy atom. The van der Waals surface area contributed by atoms with Gasteiger partial charge in [0.05, 0.1) is 11.1 Å². The maximum Gasteiger partial charge on any atom is 0.243 e. The molecular weight excluding hydrogens is 440 g/mol. The molecular formula is C22H21F2N3O4S. The highest BCUT2D eigenvalue weighted by Crippen LogP contribution is 2.22. The van der Waals surface area contributed by atoms with Crippen LogP contribution in [0.2, 0.25) is 0 Å². The van der Waals surface area contributed by atoms with Gasteiger partial charge in [-0.2, -0.15) is 4.31 Å². The standard InChI is InChI=1S/C22H21F2N3O4S/c23-18-7-6-17(14-19(18)24)32(29,30)27-12-10-26(11-13-27)22(28)9-8-21-25-15-20(31-21)16-4-2-1-3-5-16/h1-7,14-15H,8-13H2. The fraction of sp³-hybridized carbons (Fsp3) is 0.273. The van der Waals surface area contributed by atoms with Gasteiger partial charge in [-0.1, -0.05) is 30.3 Å². The molecule has 0 atom stereocenters. The lowest BCUT2D eigenvalue weighted by atomic mass is 10.2. The second kappa shape index (κ2) is 9.17. The van der Waals surface area contributed by atoms with Crippen molar-refractivity contribution in [2.45, 2.75) is 17.7 Å². The van der Waals surface area contributed by atoms with Crippen molar-refractivity contribution in [3.63, 3.8) is 0 Å². The van der Waals surface area contributed by atoms with E-state index in [0.717, 1.165) is 17.7 Å². The molecule has 7 nitrogen and oxygen atoms in total. The van der Waals surface area contributed by atoms with Gasteiger partial charge in [-0.15, -0.1) is 0 Å². The van der Waals surface area contributed by atoms with E-state index >= 15 is 0 Å². The van der Waals surface area contributed by atoms with E-state index in [4.69, 9.17) is 4.42 Å². The molecule has 2 aromatic carbocycles. The van der Waals surface area contributed by atoms with Gasteiger partial charge in [0.2, 0.25) is 15.9 Å². The summed E-state index contributed by atoms with van der Waals surface area (Å²) in [4.78, 5) is 18.0. The highest BCUT2D eigenvalue weighted by molar-refractivity contribution is 7.89. The Hall–Kier alpha value is -3.11. The summed E-state index contributed by atoms with van der Waals surface area (Å²) in [5, 5.41) is 0. The summed E-state index contributed by atoms with van der Waals surface area (Å²) in [6.45, 7) is 0.569. The van der Waals surface area contributed by atoms with Crippen molar-refractivity contribution in [1.82, 2.24) is 14.2 Å². The summed E-state index contributed by atoms with van der Waals surface area (Å²) in [5.74, 6) is -1.38. The van der Waals surface area contributed by atoms with Gasteiger partial charge >= 0.3 is 0 Å². The fourth-order valence-corrected chi connectivity index (χ4v) is 4.93. The largest absolute Gasteiger partial charge is 0.441 e. The third-order valence-electron chi connectivity index (χ3n) is 5.28. The van der Waals surface area contributed by atoms with Gasteiger partial charge in [0.25, 0.3) is 0 Å². The number of hydrogen-bond donors (Lipinski definition) is 0. The number of halogens is 2. The van der Waals surface area contributed by atoms with E-state index in [0.29, 0.717) is 24.1 Å². The van der Waals surface area contributed by atoms with Gasteiger partial charge in [0.15, 0.2) is 23.3 Å². The predicted molar refractivity (Wildman–Crippen MR) is 112 cm³/mol. The zero-order valence-electron chi connectivity index (χ0n) is 17.1. The van der Waals surface area contributed by atoms with E-state index < -0.39 is 21.7 Å². The molecule has 0 aliphatic carbocycles. The van der Waals surface area contributed by atoms with E-state index in [1.807, 2.05) is 30.3 Å². The molecule has 1 saturated heterocycles. The number of aromatic nitrogens is 1. The monoisotopic (exact) mass is 461 g/mol.